The van der Waals surface area contributed by atoms with E-state index < -0.39 is 29.7 Å². The van der Waals surface area contributed by atoms with Crippen LogP contribution in [0.3, 0.4) is 0 Å². The first-order valence-corrected chi connectivity index (χ1v) is 15.2. The van der Waals surface area contributed by atoms with Crippen molar-refractivity contribution in [2.45, 2.75) is 70.4 Å². The van der Waals surface area contributed by atoms with Gasteiger partial charge in [-0.15, -0.1) is 0 Å². The zero-order valence-electron chi connectivity index (χ0n) is 25.9. The Balaban J connectivity index is 1.30. The molecular formula is C33H43N5O6. The minimum Gasteiger partial charge on any atom is -0.460 e. The van der Waals surface area contributed by atoms with E-state index in [0.717, 1.165) is 47.9 Å². The Bertz CT molecular complexity index is 1320. The lowest BCUT2D eigenvalue weighted by atomic mass is 9.81. The molecule has 2 aromatic carbocycles. The maximum atomic E-state index is 12.9. The Hall–Kier alpha value is -4.41. The Morgan fingerprint density at radius 3 is 2.16 bits per heavy atom. The number of ether oxygens (including phenoxy) is 2. The van der Waals surface area contributed by atoms with E-state index in [2.05, 4.69) is 38.6 Å². The summed E-state index contributed by atoms with van der Waals surface area (Å²) in [4.78, 5) is 49.6. The Morgan fingerprint density at radius 2 is 1.57 bits per heavy atom. The van der Waals surface area contributed by atoms with Gasteiger partial charge in [0.25, 0.3) is 0 Å². The number of hydrogen-bond donors (Lipinski definition) is 4. The number of nitrogens with zero attached hydrogens (tertiary/aromatic N) is 1. The Morgan fingerprint density at radius 1 is 0.955 bits per heavy atom. The van der Waals surface area contributed by atoms with E-state index >= 15 is 0 Å². The average molecular weight is 606 g/mol. The van der Waals surface area contributed by atoms with Crippen molar-refractivity contribution < 1.29 is 28.7 Å². The molecule has 1 saturated carbocycles. The highest BCUT2D eigenvalue weighted by Crippen LogP contribution is 2.44. The van der Waals surface area contributed by atoms with Crippen LogP contribution in [0.25, 0.3) is 11.1 Å². The third-order valence-electron chi connectivity index (χ3n) is 7.89. The summed E-state index contributed by atoms with van der Waals surface area (Å²) in [6, 6.07) is 14.7. The second kappa shape index (κ2) is 14.9. The lowest BCUT2D eigenvalue weighted by molar-refractivity contribution is -0.154. The highest BCUT2D eigenvalue weighted by Gasteiger charge is 2.30. The minimum atomic E-state index is -0.888. The lowest BCUT2D eigenvalue weighted by Gasteiger charge is -2.27. The molecule has 0 heterocycles. The summed E-state index contributed by atoms with van der Waals surface area (Å²) in [6.45, 7) is 5.83. The van der Waals surface area contributed by atoms with Crippen LogP contribution >= 0.6 is 0 Å². The van der Waals surface area contributed by atoms with E-state index in [1.165, 1.54) is 6.21 Å². The molecule has 4 rings (SSSR count). The molecule has 0 unspecified atom stereocenters. The third-order valence-corrected chi connectivity index (χ3v) is 7.89. The maximum Gasteiger partial charge on any atom is 0.407 e. The highest BCUT2D eigenvalue weighted by molar-refractivity contribution is 5.83. The molecule has 1 fully saturated rings. The topological polar surface area (TPSA) is 147 Å². The SMILES string of the molecule is CNC(=O)[C@H]1CC[C@H](CNC(=O)N/N=C/[C@H](CC(=O)OC(C)(C)C)NC(=O)OCC2c3ccccc3-c3ccccc32)CC1. The largest absolute Gasteiger partial charge is 0.460 e. The van der Waals surface area contributed by atoms with Crippen LogP contribution in [0.4, 0.5) is 9.59 Å². The molecule has 0 spiro atoms. The van der Waals surface area contributed by atoms with Crippen LogP contribution in [0.1, 0.15) is 69.9 Å². The van der Waals surface area contributed by atoms with Crippen LogP contribution in [0, 0.1) is 11.8 Å². The molecule has 4 N–H and O–H groups in total. The summed E-state index contributed by atoms with van der Waals surface area (Å²) >= 11 is 0. The number of carbonyl (C=O) groups is 4. The van der Waals surface area contributed by atoms with Crippen molar-refractivity contribution in [3.63, 3.8) is 0 Å². The fourth-order valence-electron chi connectivity index (χ4n) is 5.79. The van der Waals surface area contributed by atoms with Gasteiger partial charge in [-0.2, -0.15) is 5.10 Å². The molecule has 0 aromatic heterocycles. The van der Waals surface area contributed by atoms with Crippen LogP contribution in [0.2, 0.25) is 0 Å². The minimum absolute atomic E-state index is 0.0283. The number of hydrazone groups is 1. The fraction of sp³-hybridized carbons (Fsp3) is 0.485. The van der Waals surface area contributed by atoms with Crippen molar-refractivity contribution in [1.29, 1.82) is 0 Å². The lowest BCUT2D eigenvalue weighted by Crippen LogP contribution is -2.41. The first-order valence-electron chi connectivity index (χ1n) is 15.2. The van der Waals surface area contributed by atoms with Crippen LogP contribution < -0.4 is 21.4 Å². The van der Waals surface area contributed by atoms with Gasteiger partial charge in [0.2, 0.25) is 5.91 Å². The number of hydrogen-bond acceptors (Lipinski definition) is 7. The monoisotopic (exact) mass is 605 g/mol. The third kappa shape index (κ3) is 9.05. The zero-order chi connectivity index (χ0) is 31.7. The molecule has 0 radical (unpaired) electrons. The number of esters is 1. The van der Waals surface area contributed by atoms with E-state index in [0.29, 0.717) is 6.54 Å². The molecule has 2 aliphatic carbocycles. The van der Waals surface area contributed by atoms with Gasteiger partial charge in [-0.05, 0) is 74.6 Å². The first kappa shape index (κ1) is 32.5. The second-order valence-electron chi connectivity index (χ2n) is 12.3. The normalized spacial score (nSPS) is 18.5. The van der Waals surface area contributed by atoms with Gasteiger partial charge >= 0.3 is 18.1 Å². The number of carbonyl (C=O) groups excluding carboxylic acids is 4. The summed E-state index contributed by atoms with van der Waals surface area (Å²) in [5.41, 5.74) is 6.09. The number of fused-ring (bicyclic) bond motifs is 3. The van der Waals surface area contributed by atoms with E-state index in [9.17, 15) is 19.2 Å². The molecule has 0 aliphatic heterocycles. The van der Waals surface area contributed by atoms with Gasteiger partial charge in [0.1, 0.15) is 12.2 Å². The van der Waals surface area contributed by atoms with E-state index in [1.54, 1.807) is 27.8 Å². The van der Waals surface area contributed by atoms with Crippen molar-refractivity contribution in [3.05, 3.63) is 59.7 Å². The first-order chi connectivity index (χ1) is 21.0. The standard InChI is InChI=1S/C33H43N5O6/c1-33(2,3)44-29(39)17-23(19-36-38-31(41)35-18-21-13-15-22(16-14-21)30(40)34-4)37-32(42)43-20-28-26-11-7-5-9-24(26)25-10-6-8-12-27(25)28/h5-12,19,21-23,28H,13-18,20H2,1-4H3,(H,34,40)(H,37,42)(H2,35,38,41)/b36-19+/t21-,22-,23-/m0/s1. The molecule has 236 valence electrons. The maximum absolute atomic E-state index is 12.9. The molecule has 44 heavy (non-hydrogen) atoms. The van der Waals surface area contributed by atoms with Gasteiger partial charge in [-0.3, -0.25) is 9.59 Å². The summed E-state index contributed by atoms with van der Waals surface area (Å²) in [7, 11) is 1.65. The summed E-state index contributed by atoms with van der Waals surface area (Å²) in [6.07, 6.45) is 3.64. The summed E-state index contributed by atoms with van der Waals surface area (Å²) in [5.74, 6) is -0.280. The highest BCUT2D eigenvalue weighted by atomic mass is 16.6. The molecule has 11 nitrogen and oxygen atoms in total. The smallest absolute Gasteiger partial charge is 0.407 e. The predicted octanol–water partition coefficient (Wildman–Crippen LogP) is 4.46. The summed E-state index contributed by atoms with van der Waals surface area (Å²) < 4.78 is 11.0. The van der Waals surface area contributed by atoms with Gasteiger partial charge in [0.15, 0.2) is 0 Å². The van der Waals surface area contributed by atoms with Crippen molar-refractivity contribution in [3.8, 4) is 11.1 Å². The van der Waals surface area contributed by atoms with Crippen molar-refractivity contribution >= 4 is 30.2 Å². The van der Waals surface area contributed by atoms with Crippen LogP contribution in [0.5, 0.6) is 0 Å². The molecule has 0 saturated heterocycles. The molecule has 11 heteroatoms. The van der Waals surface area contributed by atoms with Crippen molar-refractivity contribution in [1.82, 2.24) is 21.4 Å². The zero-order valence-corrected chi connectivity index (χ0v) is 25.9. The van der Waals surface area contributed by atoms with Gasteiger partial charge in [-0.25, -0.2) is 15.0 Å². The fourth-order valence-corrected chi connectivity index (χ4v) is 5.79. The van der Waals surface area contributed by atoms with Gasteiger partial charge < -0.3 is 25.4 Å². The van der Waals surface area contributed by atoms with E-state index in [1.807, 2.05) is 36.4 Å². The number of alkyl carbamates (subject to hydrolysis) is 1. The van der Waals surface area contributed by atoms with Crippen LogP contribution in [-0.4, -0.2) is 62.1 Å². The molecule has 2 aromatic rings. The van der Waals surface area contributed by atoms with Gasteiger partial charge in [0.05, 0.1) is 12.5 Å². The number of urea groups is 1. The van der Waals surface area contributed by atoms with Gasteiger partial charge in [0, 0.05) is 31.6 Å². The Kier molecular flexibility index (Phi) is 11.0. The molecule has 2 aliphatic rings. The quantitative estimate of drug-likeness (QED) is 0.179. The number of benzene rings is 2. The molecular weight excluding hydrogens is 562 g/mol. The van der Waals surface area contributed by atoms with Crippen LogP contribution in [0.15, 0.2) is 53.6 Å². The van der Waals surface area contributed by atoms with Crippen molar-refractivity contribution in [2.75, 3.05) is 20.2 Å². The number of nitrogens with one attached hydrogen (secondary N) is 4. The molecule has 1 atom stereocenters. The molecule has 0 bridgehead atoms. The second-order valence-corrected chi connectivity index (χ2v) is 12.3. The van der Waals surface area contributed by atoms with E-state index in [4.69, 9.17) is 9.47 Å². The van der Waals surface area contributed by atoms with Crippen LogP contribution in [-0.2, 0) is 19.1 Å². The Labute approximate surface area is 258 Å². The molecule has 4 amide bonds. The van der Waals surface area contributed by atoms with Crippen molar-refractivity contribution in [2.24, 2.45) is 16.9 Å². The van der Waals surface area contributed by atoms with Gasteiger partial charge in [-0.1, -0.05) is 48.5 Å². The average Bonchev–Trinajstić information content (AvgIpc) is 3.31. The predicted molar refractivity (Wildman–Crippen MR) is 167 cm³/mol. The number of amides is 4. The summed E-state index contributed by atoms with van der Waals surface area (Å²) in [5, 5.41) is 12.1. The number of rotatable bonds is 10. The van der Waals surface area contributed by atoms with E-state index in [-0.39, 0.29) is 36.7 Å².